The first-order valence-electron chi connectivity index (χ1n) is 6.51. The van der Waals surface area contributed by atoms with Crippen LogP contribution in [0.2, 0.25) is 0 Å². The van der Waals surface area contributed by atoms with Gasteiger partial charge in [-0.15, -0.1) is 0 Å². The Bertz CT molecular complexity index is 506. The first-order valence-corrected chi connectivity index (χ1v) is 8.10. The molecule has 0 aromatic heterocycles. The number of nitriles is 1. The summed E-state index contributed by atoms with van der Waals surface area (Å²) in [6, 6.07) is 5.58. The van der Waals surface area contributed by atoms with Crippen molar-refractivity contribution >= 4 is 37.8 Å². The molecule has 2 N–H and O–H groups in total. The Morgan fingerprint density at radius 1 is 1.33 bits per heavy atom. The third kappa shape index (κ3) is 6.46. The number of amides is 1. The Labute approximate surface area is 141 Å². The predicted octanol–water partition coefficient (Wildman–Crippen LogP) is 2.38. The Hall–Kier alpha value is -1.10. The van der Waals surface area contributed by atoms with E-state index in [2.05, 4.69) is 42.5 Å². The van der Waals surface area contributed by atoms with Gasteiger partial charge in [-0.05, 0) is 76.0 Å². The summed E-state index contributed by atoms with van der Waals surface area (Å²) in [6.45, 7) is 1.79. The second-order valence-electron chi connectivity index (χ2n) is 4.31. The summed E-state index contributed by atoms with van der Waals surface area (Å²) in [5.41, 5.74) is 1.21. The molecule has 1 rings (SSSR count). The van der Waals surface area contributed by atoms with Crippen LogP contribution in [0.25, 0.3) is 0 Å². The molecule has 0 aliphatic carbocycles. The van der Waals surface area contributed by atoms with Crippen LogP contribution in [0.3, 0.4) is 0 Å². The molecule has 0 fully saturated rings. The Kier molecular flexibility index (Phi) is 8.35. The zero-order valence-electron chi connectivity index (χ0n) is 11.7. The molecule has 0 aliphatic rings. The first-order chi connectivity index (χ1) is 10.1. The van der Waals surface area contributed by atoms with E-state index < -0.39 is 5.91 Å². The highest BCUT2D eigenvalue weighted by Crippen LogP contribution is 2.34. The number of likely N-dealkylation sites (N-methyl/N-ethyl adjacent to an activating group) is 1. The number of hydrogen-bond donors (Lipinski definition) is 2. The highest BCUT2D eigenvalue weighted by atomic mass is 79.9. The third-order valence-electron chi connectivity index (χ3n) is 2.68. The number of nitrogens with zero attached hydrogens (tertiary/aromatic N) is 1. The van der Waals surface area contributed by atoms with Crippen molar-refractivity contribution in [1.29, 1.82) is 5.26 Å². The SMILES string of the molecule is CNCCc1cc(Br)c(OCCCNC(=O)C#N)c(Br)c1. The van der Waals surface area contributed by atoms with Crippen LogP contribution in [0.5, 0.6) is 5.75 Å². The van der Waals surface area contributed by atoms with Crippen molar-refractivity contribution in [3.05, 3.63) is 26.6 Å². The topological polar surface area (TPSA) is 74.2 Å². The van der Waals surface area contributed by atoms with E-state index in [4.69, 9.17) is 10.00 Å². The lowest BCUT2D eigenvalue weighted by atomic mass is 10.1. The van der Waals surface area contributed by atoms with E-state index in [-0.39, 0.29) is 0 Å². The van der Waals surface area contributed by atoms with Crippen LogP contribution in [0.15, 0.2) is 21.1 Å². The third-order valence-corrected chi connectivity index (χ3v) is 3.85. The van der Waals surface area contributed by atoms with Gasteiger partial charge in [0.1, 0.15) is 5.75 Å². The van der Waals surface area contributed by atoms with E-state index >= 15 is 0 Å². The number of carbonyl (C=O) groups is 1. The minimum atomic E-state index is -0.619. The molecule has 1 amide bonds. The molecular formula is C14H17Br2N3O2. The van der Waals surface area contributed by atoms with Gasteiger partial charge in [0.2, 0.25) is 0 Å². The van der Waals surface area contributed by atoms with E-state index in [9.17, 15) is 4.79 Å². The van der Waals surface area contributed by atoms with Crippen molar-refractivity contribution in [2.75, 3.05) is 26.7 Å². The highest BCUT2D eigenvalue weighted by Gasteiger charge is 2.09. The molecule has 21 heavy (non-hydrogen) atoms. The average Bonchev–Trinajstić information content (AvgIpc) is 2.46. The maximum absolute atomic E-state index is 10.7. The van der Waals surface area contributed by atoms with Gasteiger partial charge >= 0.3 is 5.91 Å². The summed E-state index contributed by atoms with van der Waals surface area (Å²) < 4.78 is 7.48. The summed E-state index contributed by atoms with van der Waals surface area (Å²) >= 11 is 7.01. The predicted molar refractivity (Wildman–Crippen MR) is 88.2 cm³/mol. The fourth-order valence-electron chi connectivity index (χ4n) is 1.65. The van der Waals surface area contributed by atoms with Gasteiger partial charge in [-0.25, -0.2) is 0 Å². The van der Waals surface area contributed by atoms with Gasteiger partial charge < -0.3 is 15.4 Å². The molecule has 0 bridgehead atoms. The summed E-state index contributed by atoms with van der Waals surface area (Å²) in [6.07, 6.45) is 1.57. The molecule has 114 valence electrons. The summed E-state index contributed by atoms with van der Waals surface area (Å²) in [4.78, 5) is 10.7. The minimum Gasteiger partial charge on any atom is -0.491 e. The largest absolute Gasteiger partial charge is 0.491 e. The van der Waals surface area contributed by atoms with Crippen LogP contribution < -0.4 is 15.4 Å². The van der Waals surface area contributed by atoms with Crippen molar-refractivity contribution in [3.8, 4) is 11.8 Å². The molecule has 5 nitrogen and oxygen atoms in total. The Balaban J connectivity index is 2.48. The van der Waals surface area contributed by atoms with Crippen molar-refractivity contribution < 1.29 is 9.53 Å². The molecule has 0 radical (unpaired) electrons. The van der Waals surface area contributed by atoms with Crippen LogP contribution in [0.4, 0.5) is 0 Å². The van der Waals surface area contributed by atoms with Crippen molar-refractivity contribution in [2.24, 2.45) is 0 Å². The molecule has 0 heterocycles. The zero-order chi connectivity index (χ0) is 15.7. The van der Waals surface area contributed by atoms with E-state index in [1.807, 2.05) is 19.2 Å². The van der Waals surface area contributed by atoms with Crippen LogP contribution in [-0.4, -0.2) is 32.7 Å². The molecule has 0 spiro atoms. The van der Waals surface area contributed by atoms with Gasteiger partial charge in [-0.2, -0.15) is 5.26 Å². The number of hydrogen-bond acceptors (Lipinski definition) is 4. The first kappa shape index (κ1) is 18.0. The van der Waals surface area contributed by atoms with E-state index in [1.54, 1.807) is 0 Å². The van der Waals surface area contributed by atoms with Crippen molar-refractivity contribution in [2.45, 2.75) is 12.8 Å². The molecule has 0 unspecified atom stereocenters. The molecule has 0 atom stereocenters. The molecule has 0 saturated heterocycles. The molecular weight excluding hydrogens is 402 g/mol. The highest BCUT2D eigenvalue weighted by molar-refractivity contribution is 9.11. The lowest BCUT2D eigenvalue weighted by Crippen LogP contribution is -2.23. The van der Waals surface area contributed by atoms with Crippen molar-refractivity contribution in [1.82, 2.24) is 10.6 Å². The average molecular weight is 419 g/mol. The van der Waals surface area contributed by atoms with Crippen molar-refractivity contribution in [3.63, 3.8) is 0 Å². The normalized spacial score (nSPS) is 10.0. The smallest absolute Gasteiger partial charge is 0.322 e. The number of nitrogens with one attached hydrogen (secondary N) is 2. The lowest BCUT2D eigenvalue weighted by molar-refractivity contribution is -0.115. The second kappa shape index (κ2) is 9.77. The Morgan fingerprint density at radius 3 is 2.57 bits per heavy atom. The van der Waals surface area contributed by atoms with Gasteiger partial charge in [-0.1, -0.05) is 0 Å². The van der Waals surface area contributed by atoms with E-state index in [0.29, 0.717) is 19.6 Å². The number of benzene rings is 1. The van der Waals surface area contributed by atoms with Crippen LogP contribution >= 0.6 is 31.9 Å². The van der Waals surface area contributed by atoms with Gasteiger partial charge in [-0.3, -0.25) is 4.79 Å². The van der Waals surface area contributed by atoms with Gasteiger partial charge in [0, 0.05) is 6.54 Å². The number of ether oxygens (including phenoxy) is 1. The fraction of sp³-hybridized carbons (Fsp3) is 0.429. The van der Waals surface area contributed by atoms with Crippen LogP contribution in [-0.2, 0) is 11.2 Å². The van der Waals surface area contributed by atoms with E-state index in [1.165, 1.54) is 11.6 Å². The Morgan fingerprint density at radius 2 is 2.00 bits per heavy atom. The fourth-order valence-corrected chi connectivity index (χ4v) is 3.16. The summed E-state index contributed by atoms with van der Waals surface area (Å²) in [7, 11) is 1.92. The maximum Gasteiger partial charge on any atom is 0.322 e. The lowest BCUT2D eigenvalue weighted by Gasteiger charge is -2.12. The second-order valence-corrected chi connectivity index (χ2v) is 6.02. The molecule has 0 aliphatic heterocycles. The summed E-state index contributed by atoms with van der Waals surface area (Å²) in [5.74, 6) is 0.126. The monoisotopic (exact) mass is 417 g/mol. The van der Waals surface area contributed by atoms with Crippen LogP contribution in [0, 0.1) is 11.3 Å². The van der Waals surface area contributed by atoms with Gasteiger partial charge in [0.25, 0.3) is 0 Å². The maximum atomic E-state index is 10.7. The zero-order valence-corrected chi connectivity index (χ0v) is 14.9. The van der Waals surface area contributed by atoms with Gasteiger partial charge in [0.15, 0.2) is 6.07 Å². The van der Waals surface area contributed by atoms with Crippen LogP contribution in [0.1, 0.15) is 12.0 Å². The number of carbonyl (C=O) groups excluding carboxylic acids is 1. The van der Waals surface area contributed by atoms with Gasteiger partial charge in [0.05, 0.1) is 15.6 Å². The summed E-state index contributed by atoms with van der Waals surface area (Å²) in [5, 5.41) is 13.9. The minimum absolute atomic E-state index is 0.419. The standard InChI is InChI=1S/C14H17Br2N3O2/c1-18-5-3-10-7-11(15)14(12(16)8-10)21-6-2-4-19-13(20)9-17/h7-8,18H,2-6H2,1H3,(H,19,20). The molecule has 1 aromatic carbocycles. The number of rotatable bonds is 8. The molecule has 1 aromatic rings. The number of halogens is 2. The molecule has 0 saturated carbocycles. The quantitative estimate of drug-likeness (QED) is 0.502. The molecule has 7 heteroatoms. The van der Waals surface area contributed by atoms with E-state index in [0.717, 1.165) is 27.7 Å².